The maximum absolute atomic E-state index is 4.05. The van der Waals surface area contributed by atoms with Crippen LogP contribution < -0.4 is 5.32 Å². The molecular weight excluding hydrogens is 244 g/mol. The molecule has 1 N–H and O–H groups in total. The van der Waals surface area contributed by atoms with E-state index in [0.717, 1.165) is 13.0 Å². The van der Waals surface area contributed by atoms with Crippen LogP contribution in [0.1, 0.15) is 43.5 Å². The Morgan fingerprint density at radius 3 is 2.10 bits per heavy atom. The molecule has 1 aromatic heterocycles. The van der Waals surface area contributed by atoms with Gasteiger partial charge in [0.25, 0.3) is 0 Å². The van der Waals surface area contributed by atoms with E-state index in [-0.39, 0.29) is 0 Å². The summed E-state index contributed by atoms with van der Waals surface area (Å²) in [7, 11) is 0. The molecule has 1 heterocycles. The summed E-state index contributed by atoms with van der Waals surface area (Å²) in [6.07, 6.45) is 4.84. The molecule has 1 aromatic carbocycles. The smallest absolute Gasteiger partial charge is 0.0296 e. The number of nitrogens with one attached hydrogen (secondary N) is 1. The summed E-state index contributed by atoms with van der Waals surface area (Å²) in [6, 6.07) is 13.4. The molecule has 20 heavy (non-hydrogen) atoms. The maximum atomic E-state index is 4.05. The molecule has 2 aromatic rings. The second-order valence-electron chi connectivity index (χ2n) is 5.80. The van der Waals surface area contributed by atoms with Gasteiger partial charge < -0.3 is 5.32 Å². The summed E-state index contributed by atoms with van der Waals surface area (Å²) in [4.78, 5) is 4.05. The summed E-state index contributed by atoms with van der Waals surface area (Å²) in [5.41, 5.74) is 4.03. The van der Waals surface area contributed by atoms with E-state index in [1.807, 2.05) is 12.4 Å². The molecule has 2 rings (SSSR count). The van der Waals surface area contributed by atoms with Gasteiger partial charge in [0.05, 0.1) is 0 Å². The van der Waals surface area contributed by atoms with Crippen LogP contribution in [-0.2, 0) is 13.0 Å². The highest BCUT2D eigenvalue weighted by atomic mass is 14.9. The Kier molecular flexibility index (Phi) is 5.31. The molecule has 0 aliphatic rings. The minimum Gasteiger partial charge on any atom is -0.306 e. The van der Waals surface area contributed by atoms with Crippen LogP contribution in [0.3, 0.4) is 0 Å². The van der Waals surface area contributed by atoms with Crippen LogP contribution in [0.5, 0.6) is 0 Å². The zero-order chi connectivity index (χ0) is 14.4. The van der Waals surface area contributed by atoms with Gasteiger partial charge in [-0.25, -0.2) is 0 Å². The van der Waals surface area contributed by atoms with Gasteiger partial charge in [0, 0.05) is 25.0 Å². The van der Waals surface area contributed by atoms with Crippen molar-refractivity contribution in [2.75, 3.05) is 0 Å². The molecule has 1 atom stereocenters. The summed E-state index contributed by atoms with van der Waals surface area (Å²) < 4.78 is 0. The van der Waals surface area contributed by atoms with E-state index in [4.69, 9.17) is 0 Å². The van der Waals surface area contributed by atoms with E-state index in [2.05, 4.69) is 67.5 Å². The van der Waals surface area contributed by atoms with Crippen LogP contribution in [-0.4, -0.2) is 4.98 Å². The molecule has 2 nitrogen and oxygen atoms in total. The molecule has 2 heteroatoms. The molecule has 0 saturated carbocycles. The Bertz CT molecular complexity index is 503. The van der Waals surface area contributed by atoms with E-state index >= 15 is 0 Å². The molecule has 0 amide bonds. The van der Waals surface area contributed by atoms with Crippen molar-refractivity contribution in [1.82, 2.24) is 10.3 Å². The average Bonchev–Trinajstić information content (AvgIpc) is 2.46. The van der Waals surface area contributed by atoms with Gasteiger partial charge in [-0.2, -0.15) is 0 Å². The lowest BCUT2D eigenvalue weighted by Gasteiger charge is -2.14. The third kappa shape index (κ3) is 4.46. The van der Waals surface area contributed by atoms with Gasteiger partial charge in [-0.3, -0.25) is 4.98 Å². The summed E-state index contributed by atoms with van der Waals surface area (Å²) in [6.45, 7) is 7.59. The van der Waals surface area contributed by atoms with Crippen molar-refractivity contribution in [2.24, 2.45) is 5.92 Å². The fourth-order valence-corrected chi connectivity index (χ4v) is 2.31. The van der Waals surface area contributed by atoms with Crippen molar-refractivity contribution >= 4 is 0 Å². The Balaban J connectivity index is 1.88. The quantitative estimate of drug-likeness (QED) is 0.852. The van der Waals surface area contributed by atoms with E-state index < -0.39 is 0 Å². The molecule has 0 bridgehead atoms. The van der Waals surface area contributed by atoms with Crippen molar-refractivity contribution in [3.8, 4) is 0 Å². The monoisotopic (exact) mass is 268 g/mol. The zero-order valence-electron chi connectivity index (χ0n) is 12.6. The van der Waals surface area contributed by atoms with Gasteiger partial charge in [-0.15, -0.1) is 0 Å². The molecule has 0 spiro atoms. The van der Waals surface area contributed by atoms with E-state index in [1.54, 1.807) is 0 Å². The second kappa shape index (κ2) is 7.20. The van der Waals surface area contributed by atoms with E-state index in [1.165, 1.54) is 16.7 Å². The van der Waals surface area contributed by atoms with Gasteiger partial charge in [-0.05, 0) is 48.1 Å². The van der Waals surface area contributed by atoms with Gasteiger partial charge in [0.15, 0.2) is 0 Å². The fraction of sp³-hybridized carbons (Fsp3) is 0.389. The first-order chi connectivity index (χ1) is 9.65. The highest BCUT2D eigenvalue weighted by Crippen LogP contribution is 2.13. The number of hydrogen-bond acceptors (Lipinski definition) is 2. The topological polar surface area (TPSA) is 24.9 Å². The van der Waals surface area contributed by atoms with Crippen LogP contribution in [0, 0.1) is 5.92 Å². The van der Waals surface area contributed by atoms with Crippen LogP contribution in [0.15, 0.2) is 48.8 Å². The fourth-order valence-electron chi connectivity index (χ4n) is 2.31. The van der Waals surface area contributed by atoms with Crippen molar-refractivity contribution in [3.05, 3.63) is 65.5 Å². The van der Waals surface area contributed by atoms with Crippen LogP contribution in [0.25, 0.3) is 0 Å². The highest BCUT2D eigenvalue weighted by molar-refractivity contribution is 5.23. The van der Waals surface area contributed by atoms with Gasteiger partial charge in [0.1, 0.15) is 0 Å². The molecule has 0 aliphatic heterocycles. The maximum Gasteiger partial charge on any atom is 0.0296 e. The summed E-state index contributed by atoms with van der Waals surface area (Å²) in [5, 5.41) is 3.55. The van der Waals surface area contributed by atoms with Crippen molar-refractivity contribution in [2.45, 2.75) is 39.8 Å². The molecule has 0 aliphatic carbocycles. The third-order valence-corrected chi connectivity index (χ3v) is 3.49. The number of benzene rings is 1. The Labute approximate surface area is 122 Å². The normalized spacial score (nSPS) is 12.6. The minimum atomic E-state index is 0.341. The predicted molar refractivity (Wildman–Crippen MR) is 84.5 cm³/mol. The minimum absolute atomic E-state index is 0.341. The summed E-state index contributed by atoms with van der Waals surface area (Å²) >= 11 is 0. The number of aromatic nitrogens is 1. The third-order valence-electron chi connectivity index (χ3n) is 3.49. The largest absolute Gasteiger partial charge is 0.306 e. The van der Waals surface area contributed by atoms with E-state index in [0.29, 0.717) is 12.0 Å². The van der Waals surface area contributed by atoms with Crippen LogP contribution >= 0.6 is 0 Å². The van der Waals surface area contributed by atoms with Gasteiger partial charge >= 0.3 is 0 Å². The first kappa shape index (κ1) is 14.7. The molecule has 106 valence electrons. The summed E-state index contributed by atoms with van der Waals surface area (Å²) in [5.74, 6) is 0.714. The van der Waals surface area contributed by atoms with Crippen molar-refractivity contribution in [3.63, 3.8) is 0 Å². The number of nitrogens with zero attached hydrogens (tertiary/aromatic N) is 1. The molecule has 0 saturated heterocycles. The van der Waals surface area contributed by atoms with Crippen molar-refractivity contribution < 1.29 is 0 Å². The van der Waals surface area contributed by atoms with Crippen LogP contribution in [0.2, 0.25) is 0 Å². The molecule has 0 unspecified atom stereocenters. The lowest BCUT2D eigenvalue weighted by Crippen LogP contribution is -2.18. The number of pyridine rings is 1. The second-order valence-corrected chi connectivity index (χ2v) is 5.80. The number of hydrogen-bond donors (Lipinski definition) is 1. The predicted octanol–water partition coefficient (Wildman–Crippen LogP) is 4.13. The molecule has 0 radical (unpaired) electrons. The standard InChI is InChI=1S/C18H24N2/c1-14(2)12-16-4-6-17(7-5-16)13-20-15(3)18-8-10-19-11-9-18/h4-11,14-15,20H,12-13H2,1-3H3/t15-/m1/s1. The van der Waals surface area contributed by atoms with E-state index in [9.17, 15) is 0 Å². The lowest BCUT2D eigenvalue weighted by atomic mass is 10.0. The van der Waals surface area contributed by atoms with Crippen LogP contribution in [0.4, 0.5) is 0 Å². The Morgan fingerprint density at radius 2 is 1.50 bits per heavy atom. The van der Waals surface area contributed by atoms with Crippen molar-refractivity contribution in [1.29, 1.82) is 0 Å². The first-order valence-corrected chi connectivity index (χ1v) is 7.36. The molecule has 0 fully saturated rings. The SMILES string of the molecule is CC(C)Cc1ccc(CN[C@H](C)c2ccncc2)cc1. The Hall–Kier alpha value is -1.67. The first-order valence-electron chi connectivity index (χ1n) is 7.36. The van der Waals surface area contributed by atoms with Gasteiger partial charge in [-0.1, -0.05) is 38.1 Å². The highest BCUT2D eigenvalue weighted by Gasteiger charge is 2.04. The lowest BCUT2D eigenvalue weighted by molar-refractivity contribution is 0.574. The zero-order valence-corrected chi connectivity index (χ0v) is 12.6. The average molecular weight is 268 g/mol. The number of rotatable bonds is 6. The molecular formula is C18H24N2. The van der Waals surface area contributed by atoms with Gasteiger partial charge in [0.2, 0.25) is 0 Å². The Morgan fingerprint density at radius 1 is 0.900 bits per heavy atom.